The first-order chi connectivity index (χ1) is 26.0. The molecular formula is C49H53GeIrN3O-2. The van der Waals surface area contributed by atoms with Gasteiger partial charge in [0.2, 0.25) is 5.71 Å². The van der Waals surface area contributed by atoms with E-state index in [1.165, 1.54) is 54.4 Å². The van der Waals surface area contributed by atoms with Crippen LogP contribution in [0.1, 0.15) is 88.3 Å². The quantitative estimate of drug-likeness (QED) is 0.112. The van der Waals surface area contributed by atoms with Gasteiger partial charge in [-0.05, 0) is 29.8 Å². The molecule has 55 heavy (non-hydrogen) atoms. The van der Waals surface area contributed by atoms with Gasteiger partial charge in [0.05, 0.1) is 11.3 Å². The SMILES string of the molecule is CC(C)Cc1cc(-c2[c-]ccc(C3CCCCC3)c2)nc[c]1[Ge]([CH3])([CH3])[CH3].CC(C)c1ccnc(-c2[c-]ccc3c2oc2nc(-c4ccccc4)ccc23)c1.[Ir]. The fourth-order valence-electron chi connectivity index (χ4n) is 7.78. The maximum atomic E-state index is 6.22. The van der Waals surface area contributed by atoms with Gasteiger partial charge in [0.1, 0.15) is 0 Å². The van der Waals surface area contributed by atoms with Crippen molar-refractivity contribution in [3.8, 4) is 33.8 Å². The van der Waals surface area contributed by atoms with Crippen molar-refractivity contribution < 1.29 is 24.5 Å². The van der Waals surface area contributed by atoms with Crippen LogP contribution in [0.5, 0.6) is 0 Å². The third kappa shape index (κ3) is 9.56. The van der Waals surface area contributed by atoms with E-state index in [0.29, 0.717) is 17.5 Å². The van der Waals surface area contributed by atoms with Gasteiger partial charge in [-0.15, -0.1) is 18.2 Å². The number of fused-ring (bicyclic) bond motifs is 3. The monoisotopic (exact) mass is 966 g/mol. The van der Waals surface area contributed by atoms with Gasteiger partial charge >= 0.3 is 163 Å². The second-order valence-electron chi connectivity index (χ2n) is 16.7. The van der Waals surface area contributed by atoms with Gasteiger partial charge in [-0.1, -0.05) is 66.8 Å². The van der Waals surface area contributed by atoms with Crippen molar-refractivity contribution in [2.24, 2.45) is 5.92 Å². The molecule has 1 aliphatic rings. The second kappa shape index (κ2) is 17.9. The molecule has 0 amide bonds. The zero-order valence-electron chi connectivity index (χ0n) is 33.4. The van der Waals surface area contributed by atoms with Crippen molar-refractivity contribution in [1.82, 2.24) is 15.0 Å². The number of aromatic nitrogens is 3. The molecule has 4 heterocycles. The minimum Gasteiger partial charge on any atom is -0.486 e. The van der Waals surface area contributed by atoms with Crippen LogP contribution in [-0.2, 0) is 26.5 Å². The van der Waals surface area contributed by atoms with E-state index in [4.69, 9.17) is 14.4 Å². The molecule has 285 valence electrons. The summed E-state index contributed by atoms with van der Waals surface area (Å²) in [6, 6.07) is 38.3. The molecule has 3 aromatic carbocycles. The second-order valence-corrected chi connectivity index (χ2v) is 27.3. The smallest absolute Gasteiger partial charge is 0.216 e. The Hall–Kier alpha value is -3.90. The van der Waals surface area contributed by atoms with Crippen LogP contribution in [0.2, 0.25) is 17.3 Å². The first-order valence-electron chi connectivity index (χ1n) is 19.8. The van der Waals surface area contributed by atoms with Crippen molar-refractivity contribution in [3.63, 3.8) is 0 Å². The maximum absolute atomic E-state index is 6.22. The van der Waals surface area contributed by atoms with Gasteiger partial charge in [0.15, 0.2) is 0 Å². The Morgan fingerprint density at radius 2 is 1.53 bits per heavy atom. The number of rotatable bonds is 8. The summed E-state index contributed by atoms with van der Waals surface area (Å²) in [6.07, 6.45) is 12.0. The van der Waals surface area contributed by atoms with Crippen LogP contribution < -0.4 is 4.40 Å². The summed E-state index contributed by atoms with van der Waals surface area (Å²) in [4.78, 5) is 14.2. The molecule has 4 nitrogen and oxygen atoms in total. The van der Waals surface area contributed by atoms with E-state index in [0.717, 1.165) is 56.9 Å². The number of hydrogen-bond acceptors (Lipinski definition) is 4. The zero-order valence-corrected chi connectivity index (χ0v) is 37.9. The summed E-state index contributed by atoms with van der Waals surface area (Å²) in [5.74, 6) is 9.25. The van der Waals surface area contributed by atoms with E-state index < -0.39 is 13.3 Å². The normalized spacial score (nSPS) is 13.5. The molecule has 7 aromatic rings. The van der Waals surface area contributed by atoms with Crippen molar-refractivity contribution >= 4 is 39.7 Å². The third-order valence-corrected chi connectivity index (χ3v) is 15.0. The molecule has 1 saturated carbocycles. The molecule has 0 saturated heterocycles. The van der Waals surface area contributed by atoms with Gasteiger partial charge in [-0.3, -0.25) is 0 Å². The fraction of sp³-hybridized carbons (Fsp3) is 0.327. The summed E-state index contributed by atoms with van der Waals surface area (Å²) >= 11 is -1.91. The van der Waals surface area contributed by atoms with Crippen LogP contribution in [-0.4, -0.2) is 28.2 Å². The molecule has 1 aliphatic carbocycles. The fourth-order valence-corrected chi connectivity index (χ4v) is 11.1. The summed E-state index contributed by atoms with van der Waals surface area (Å²) in [5.41, 5.74) is 11.7. The Labute approximate surface area is 344 Å². The van der Waals surface area contributed by atoms with Crippen LogP contribution in [0, 0.1) is 18.1 Å². The van der Waals surface area contributed by atoms with Gasteiger partial charge < -0.3 is 9.40 Å². The molecule has 4 aromatic heterocycles. The van der Waals surface area contributed by atoms with E-state index in [1.54, 1.807) is 4.40 Å². The number of pyridine rings is 3. The number of furan rings is 1. The molecular weight excluding hydrogens is 911 g/mol. The van der Waals surface area contributed by atoms with Crippen LogP contribution in [0.4, 0.5) is 0 Å². The first-order valence-corrected chi connectivity index (χ1v) is 27.2. The number of hydrogen-bond donors (Lipinski definition) is 0. The van der Waals surface area contributed by atoms with Gasteiger partial charge in [0, 0.05) is 37.3 Å². The van der Waals surface area contributed by atoms with Crippen LogP contribution in [0.25, 0.3) is 55.8 Å². The van der Waals surface area contributed by atoms with Crippen molar-refractivity contribution in [2.45, 2.75) is 95.3 Å². The van der Waals surface area contributed by atoms with Crippen molar-refractivity contribution in [1.29, 1.82) is 0 Å². The molecule has 1 radical (unpaired) electrons. The molecule has 0 unspecified atom stereocenters. The predicted molar refractivity (Wildman–Crippen MR) is 229 cm³/mol. The summed E-state index contributed by atoms with van der Waals surface area (Å²) < 4.78 is 7.78. The Kier molecular flexibility index (Phi) is 13.3. The minimum atomic E-state index is -1.91. The molecule has 0 atom stereocenters. The average molecular weight is 965 g/mol. The zero-order chi connectivity index (χ0) is 37.8. The largest absolute Gasteiger partial charge is 0.486 e. The Morgan fingerprint density at radius 3 is 2.25 bits per heavy atom. The van der Waals surface area contributed by atoms with Crippen LogP contribution in [0.15, 0.2) is 108 Å². The molecule has 8 rings (SSSR count). The van der Waals surface area contributed by atoms with E-state index >= 15 is 0 Å². The van der Waals surface area contributed by atoms with Gasteiger partial charge in [-0.2, -0.15) is 0 Å². The minimum absolute atomic E-state index is 0. The maximum Gasteiger partial charge on any atom is 0.216 e. The molecule has 0 N–H and O–H groups in total. The summed E-state index contributed by atoms with van der Waals surface area (Å²) in [6.45, 7) is 8.99. The first kappa shape index (κ1) is 40.8. The molecule has 6 heteroatoms. The predicted octanol–water partition coefficient (Wildman–Crippen LogP) is 13.0. The van der Waals surface area contributed by atoms with E-state index in [-0.39, 0.29) is 20.1 Å². The Balaban J connectivity index is 0.000000184. The van der Waals surface area contributed by atoms with Gasteiger partial charge in [-0.25, -0.2) is 4.98 Å². The van der Waals surface area contributed by atoms with Crippen LogP contribution >= 0.6 is 0 Å². The van der Waals surface area contributed by atoms with Crippen molar-refractivity contribution in [3.05, 3.63) is 132 Å². The molecule has 1 fully saturated rings. The molecule has 0 aliphatic heterocycles. The Morgan fingerprint density at radius 1 is 0.764 bits per heavy atom. The van der Waals surface area contributed by atoms with Crippen molar-refractivity contribution in [2.75, 3.05) is 0 Å². The van der Waals surface area contributed by atoms with Gasteiger partial charge in [0.25, 0.3) is 0 Å². The molecule has 0 bridgehead atoms. The average Bonchev–Trinajstić information content (AvgIpc) is 3.56. The summed E-state index contributed by atoms with van der Waals surface area (Å²) in [7, 11) is 0. The van der Waals surface area contributed by atoms with E-state index in [9.17, 15) is 0 Å². The topological polar surface area (TPSA) is 51.8 Å². The number of nitrogens with zero attached hydrogens (tertiary/aromatic N) is 3. The standard InChI is InChI=1S/C25H19N2O.C24H34GeN.Ir/c1-16(2)18-13-14-26-23(15-18)21-10-6-9-19-20-11-12-22(17-7-4-3-5-8-17)27-25(20)28-24(19)21;1-18(2)14-22-16-24(26-17-23(22)25(3,4)5)21-13-9-12-20(15-21)19-10-7-6-8-11-19;/h3-9,11-16H,1-2H3;9,12,15-19H,6-8,10-11,14H2,1-5H3;/q2*-1;. The molecule has 0 spiro atoms. The summed E-state index contributed by atoms with van der Waals surface area (Å²) in [5, 5.41) is 2.04. The van der Waals surface area contributed by atoms with E-state index in [1.807, 2.05) is 42.6 Å². The van der Waals surface area contributed by atoms with Crippen LogP contribution in [0.3, 0.4) is 0 Å². The number of benzene rings is 3. The Bertz CT molecular complexity index is 2350. The van der Waals surface area contributed by atoms with E-state index in [2.05, 4.69) is 123 Å². The third-order valence-electron chi connectivity index (χ3n) is 10.7.